The highest BCUT2D eigenvalue weighted by Crippen LogP contribution is 2.25. The van der Waals surface area contributed by atoms with Crippen molar-refractivity contribution in [3.05, 3.63) is 29.8 Å². The largest absolute Gasteiger partial charge is 0.243 e. The summed E-state index contributed by atoms with van der Waals surface area (Å²) in [5.74, 6) is 1.78. The first-order valence-corrected chi connectivity index (χ1v) is 9.10. The van der Waals surface area contributed by atoms with Crippen LogP contribution in [0, 0.1) is 0 Å². The molecule has 2 rings (SSSR count). The van der Waals surface area contributed by atoms with E-state index in [2.05, 4.69) is 20.8 Å². The Labute approximate surface area is 120 Å². The van der Waals surface area contributed by atoms with Crippen LogP contribution >= 0.6 is 11.8 Å². The average Bonchev–Trinajstić information content (AvgIpc) is 2.39. The van der Waals surface area contributed by atoms with E-state index in [9.17, 15) is 8.42 Å². The standard InChI is InChI=1S/C14H21NO2S2/c1-14(2,3)12-4-6-13(7-5-12)19(16,17)15-8-10-18-11-9-15/h4-7H,8-11H2,1-3H3. The summed E-state index contributed by atoms with van der Waals surface area (Å²) in [5.41, 5.74) is 1.20. The Kier molecular flexibility index (Phi) is 4.28. The Bertz CT molecular complexity index is 524. The fourth-order valence-corrected chi connectivity index (χ4v) is 4.64. The van der Waals surface area contributed by atoms with Gasteiger partial charge in [0.15, 0.2) is 0 Å². The summed E-state index contributed by atoms with van der Waals surface area (Å²) < 4.78 is 26.5. The molecule has 0 atom stereocenters. The van der Waals surface area contributed by atoms with Crippen molar-refractivity contribution >= 4 is 21.8 Å². The van der Waals surface area contributed by atoms with Crippen LogP contribution in [0.25, 0.3) is 0 Å². The molecule has 19 heavy (non-hydrogen) atoms. The molecule has 1 fully saturated rings. The van der Waals surface area contributed by atoms with Crippen LogP contribution in [-0.4, -0.2) is 37.3 Å². The van der Waals surface area contributed by atoms with Crippen molar-refractivity contribution in [3.63, 3.8) is 0 Å². The number of benzene rings is 1. The second kappa shape index (κ2) is 5.46. The first-order chi connectivity index (χ1) is 8.82. The maximum Gasteiger partial charge on any atom is 0.243 e. The SMILES string of the molecule is CC(C)(C)c1ccc(S(=O)(=O)N2CCSCC2)cc1. The summed E-state index contributed by atoms with van der Waals surface area (Å²) in [6.45, 7) is 7.61. The lowest BCUT2D eigenvalue weighted by Crippen LogP contribution is -2.37. The summed E-state index contributed by atoms with van der Waals surface area (Å²) >= 11 is 1.81. The summed E-state index contributed by atoms with van der Waals surface area (Å²) in [7, 11) is -3.30. The Morgan fingerprint density at radius 1 is 1.05 bits per heavy atom. The molecular weight excluding hydrogens is 278 g/mol. The van der Waals surface area contributed by atoms with E-state index in [0.29, 0.717) is 18.0 Å². The van der Waals surface area contributed by atoms with E-state index in [1.54, 1.807) is 16.4 Å². The van der Waals surface area contributed by atoms with Crippen molar-refractivity contribution in [1.82, 2.24) is 4.31 Å². The van der Waals surface area contributed by atoms with Gasteiger partial charge in [-0.15, -0.1) is 0 Å². The van der Waals surface area contributed by atoms with Crippen LogP contribution in [0.5, 0.6) is 0 Å². The molecule has 0 bridgehead atoms. The molecule has 5 heteroatoms. The summed E-state index contributed by atoms with van der Waals surface area (Å²) in [6, 6.07) is 7.31. The summed E-state index contributed by atoms with van der Waals surface area (Å²) in [4.78, 5) is 0.410. The van der Waals surface area contributed by atoms with E-state index in [1.807, 2.05) is 23.9 Å². The van der Waals surface area contributed by atoms with Gasteiger partial charge in [0.25, 0.3) is 0 Å². The van der Waals surface area contributed by atoms with Crippen molar-refractivity contribution in [2.75, 3.05) is 24.6 Å². The molecule has 1 aromatic rings. The minimum absolute atomic E-state index is 0.0457. The molecule has 3 nitrogen and oxygen atoms in total. The Balaban J connectivity index is 2.26. The molecule has 0 unspecified atom stereocenters. The molecular formula is C14H21NO2S2. The van der Waals surface area contributed by atoms with Gasteiger partial charge in [0, 0.05) is 24.6 Å². The molecule has 106 valence electrons. The third kappa shape index (κ3) is 3.33. The predicted molar refractivity (Wildman–Crippen MR) is 81.2 cm³/mol. The number of thioether (sulfide) groups is 1. The zero-order chi connectivity index (χ0) is 14.1. The van der Waals surface area contributed by atoms with Crippen molar-refractivity contribution < 1.29 is 8.42 Å². The van der Waals surface area contributed by atoms with Gasteiger partial charge in [0.1, 0.15) is 0 Å². The fourth-order valence-electron chi connectivity index (χ4n) is 2.06. The van der Waals surface area contributed by atoms with Gasteiger partial charge < -0.3 is 0 Å². The average molecular weight is 299 g/mol. The molecule has 0 aliphatic carbocycles. The molecule has 0 aromatic heterocycles. The van der Waals surface area contributed by atoms with Gasteiger partial charge in [-0.1, -0.05) is 32.9 Å². The highest BCUT2D eigenvalue weighted by molar-refractivity contribution is 7.99. The molecule has 1 saturated heterocycles. The third-order valence-electron chi connectivity index (χ3n) is 3.33. The monoisotopic (exact) mass is 299 g/mol. The second-order valence-corrected chi connectivity index (χ2v) is 8.95. The molecule has 1 heterocycles. The van der Waals surface area contributed by atoms with Gasteiger partial charge in [0.2, 0.25) is 10.0 Å². The van der Waals surface area contributed by atoms with Crippen LogP contribution in [0.2, 0.25) is 0 Å². The number of hydrogen-bond acceptors (Lipinski definition) is 3. The quantitative estimate of drug-likeness (QED) is 0.842. The molecule has 0 spiro atoms. The zero-order valence-electron chi connectivity index (χ0n) is 11.7. The van der Waals surface area contributed by atoms with Crippen LogP contribution < -0.4 is 0 Å². The first-order valence-electron chi connectivity index (χ1n) is 6.50. The van der Waals surface area contributed by atoms with Gasteiger partial charge in [0.05, 0.1) is 4.90 Å². The summed E-state index contributed by atoms with van der Waals surface area (Å²) in [6.07, 6.45) is 0. The maximum atomic E-state index is 12.5. The van der Waals surface area contributed by atoms with E-state index in [0.717, 1.165) is 17.1 Å². The molecule has 0 radical (unpaired) electrons. The highest BCUT2D eigenvalue weighted by Gasteiger charge is 2.26. The molecule has 0 amide bonds. The van der Waals surface area contributed by atoms with Crippen LogP contribution in [0.15, 0.2) is 29.2 Å². The molecule has 1 aliphatic heterocycles. The highest BCUT2D eigenvalue weighted by atomic mass is 32.2. The lowest BCUT2D eigenvalue weighted by atomic mass is 9.87. The van der Waals surface area contributed by atoms with Gasteiger partial charge >= 0.3 is 0 Å². The molecule has 0 N–H and O–H groups in total. The molecule has 1 aliphatic rings. The van der Waals surface area contributed by atoms with E-state index in [1.165, 1.54) is 0 Å². The second-order valence-electron chi connectivity index (χ2n) is 5.79. The Hall–Kier alpha value is -0.520. The predicted octanol–water partition coefficient (Wildman–Crippen LogP) is 2.72. The van der Waals surface area contributed by atoms with Gasteiger partial charge in [-0.2, -0.15) is 16.1 Å². The van der Waals surface area contributed by atoms with E-state index < -0.39 is 10.0 Å². The van der Waals surface area contributed by atoms with E-state index in [4.69, 9.17) is 0 Å². The maximum absolute atomic E-state index is 12.5. The number of hydrogen-bond donors (Lipinski definition) is 0. The third-order valence-corrected chi connectivity index (χ3v) is 6.18. The minimum Gasteiger partial charge on any atom is -0.207 e. The van der Waals surface area contributed by atoms with Crippen LogP contribution in [0.4, 0.5) is 0 Å². The van der Waals surface area contributed by atoms with Gasteiger partial charge in [-0.25, -0.2) is 8.42 Å². The fraction of sp³-hybridized carbons (Fsp3) is 0.571. The molecule has 0 saturated carbocycles. The molecule has 1 aromatic carbocycles. The van der Waals surface area contributed by atoms with E-state index in [-0.39, 0.29) is 5.41 Å². The first kappa shape index (κ1) is 14.9. The van der Waals surface area contributed by atoms with Crippen LogP contribution in [-0.2, 0) is 15.4 Å². The topological polar surface area (TPSA) is 37.4 Å². The smallest absolute Gasteiger partial charge is 0.207 e. The van der Waals surface area contributed by atoms with Crippen molar-refractivity contribution in [2.24, 2.45) is 0 Å². The number of nitrogens with zero attached hydrogens (tertiary/aromatic N) is 1. The Morgan fingerprint density at radius 2 is 1.58 bits per heavy atom. The van der Waals surface area contributed by atoms with Crippen LogP contribution in [0.3, 0.4) is 0 Å². The minimum atomic E-state index is -3.30. The number of rotatable bonds is 2. The van der Waals surface area contributed by atoms with Crippen molar-refractivity contribution in [2.45, 2.75) is 31.1 Å². The lowest BCUT2D eigenvalue weighted by Gasteiger charge is -2.26. The Morgan fingerprint density at radius 3 is 2.05 bits per heavy atom. The van der Waals surface area contributed by atoms with Gasteiger partial charge in [-0.05, 0) is 23.1 Å². The van der Waals surface area contributed by atoms with Crippen LogP contribution in [0.1, 0.15) is 26.3 Å². The van der Waals surface area contributed by atoms with Crippen molar-refractivity contribution in [3.8, 4) is 0 Å². The zero-order valence-corrected chi connectivity index (χ0v) is 13.4. The number of sulfonamides is 1. The normalized spacial score (nSPS) is 18.5. The van der Waals surface area contributed by atoms with Crippen molar-refractivity contribution in [1.29, 1.82) is 0 Å². The van der Waals surface area contributed by atoms with Gasteiger partial charge in [-0.3, -0.25) is 0 Å². The van der Waals surface area contributed by atoms with E-state index >= 15 is 0 Å². The summed E-state index contributed by atoms with van der Waals surface area (Å²) in [5, 5.41) is 0. The lowest BCUT2D eigenvalue weighted by molar-refractivity contribution is 0.443.